The molecule has 11 nitrogen and oxygen atoms in total. The maximum atomic E-state index is 14.9. The first-order chi connectivity index (χ1) is 22.8. The Balaban J connectivity index is 1.29. The fraction of sp³-hybridized carbons (Fsp3) is 0.412. The second kappa shape index (κ2) is 13.0. The monoisotopic (exact) mass is 664 g/mol. The molecule has 4 aromatic rings. The largest absolute Gasteiger partial charge is 0.548 e. The van der Waals surface area contributed by atoms with Crippen molar-refractivity contribution in [1.29, 1.82) is 0 Å². The molecule has 4 heterocycles. The molecule has 0 radical (unpaired) electrons. The fourth-order valence-electron chi connectivity index (χ4n) is 6.45. The third-order valence-electron chi connectivity index (χ3n) is 8.88. The molecule has 0 bridgehead atoms. The normalized spacial score (nSPS) is 18.3. The molecular weight excluding hydrogens is 627 g/mol. The molecule has 2 atom stereocenters. The zero-order valence-electron chi connectivity index (χ0n) is 26.8. The van der Waals surface area contributed by atoms with Gasteiger partial charge in [-0.05, 0) is 80.8 Å². The van der Waals surface area contributed by atoms with Crippen molar-refractivity contribution in [3.8, 4) is 28.4 Å². The van der Waals surface area contributed by atoms with Gasteiger partial charge in [-0.2, -0.15) is 28.2 Å². The molecule has 1 unspecified atom stereocenters. The van der Waals surface area contributed by atoms with Crippen LogP contribution in [0.5, 0.6) is 11.6 Å². The number of aromatic nitrogens is 4. The summed E-state index contributed by atoms with van der Waals surface area (Å²) in [4.78, 5) is 21.5. The average molecular weight is 665 g/mol. The van der Waals surface area contributed by atoms with E-state index < -0.39 is 24.3 Å². The Labute approximate surface area is 275 Å². The van der Waals surface area contributed by atoms with Crippen molar-refractivity contribution in [3.05, 3.63) is 72.1 Å². The highest BCUT2D eigenvalue weighted by Crippen LogP contribution is 2.43. The van der Waals surface area contributed by atoms with Crippen molar-refractivity contribution in [2.75, 3.05) is 30.3 Å². The van der Waals surface area contributed by atoms with Crippen molar-refractivity contribution in [1.82, 2.24) is 25.1 Å². The van der Waals surface area contributed by atoms with E-state index in [9.17, 15) is 23.1 Å². The summed E-state index contributed by atoms with van der Waals surface area (Å²) in [5.41, 5.74) is 7.91. The number of carboxylic acids is 1. The minimum absolute atomic E-state index is 0.00151. The van der Waals surface area contributed by atoms with E-state index in [0.717, 1.165) is 5.56 Å². The Bertz CT molecular complexity index is 1770. The number of carboxylic acid groups (broad SMARTS) is 1. The van der Waals surface area contributed by atoms with Crippen LogP contribution < -0.4 is 30.5 Å². The Kier molecular flexibility index (Phi) is 8.94. The van der Waals surface area contributed by atoms with Gasteiger partial charge in [-0.15, -0.1) is 0 Å². The van der Waals surface area contributed by atoms with E-state index in [1.54, 1.807) is 31.3 Å². The number of halogens is 3. The summed E-state index contributed by atoms with van der Waals surface area (Å²) >= 11 is 0. The lowest BCUT2D eigenvalue weighted by Gasteiger charge is -2.39. The SMILES string of the molecule is Cc1ccn(-c2cc(-c3ccc(OC(C)C)cc3)ccc2[C@@H](Oc2cc(N3CCC4(CC3)CNC(C(=O)[O-])C4)nc(N)n2)C(F)(F)F)n1. The van der Waals surface area contributed by atoms with Crippen molar-refractivity contribution < 1.29 is 32.5 Å². The summed E-state index contributed by atoms with van der Waals surface area (Å²) in [6.07, 6.45) is -3.85. The Morgan fingerprint density at radius 2 is 1.75 bits per heavy atom. The van der Waals surface area contributed by atoms with Crippen LogP contribution in [0.1, 0.15) is 50.5 Å². The minimum atomic E-state index is -4.84. The van der Waals surface area contributed by atoms with Crippen LogP contribution in [0.4, 0.5) is 24.9 Å². The predicted molar refractivity (Wildman–Crippen MR) is 171 cm³/mol. The number of carbonyl (C=O) groups is 1. The Hall–Kier alpha value is -4.85. The number of ether oxygens (including phenoxy) is 2. The number of nitrogens with two attached hydrogens (primary N) is 1. The lowest BCUT2D eigenvalue weighted by atomic mass is 9.76. The summed E-state index contributed by atoms with van der Waals surface area (Å²) in [5.74, 6) is -0.658. The molecule has 2 aromatic heterocycles. The molecule has 1 spiro atoms. The van der Waals surface area contributed by atoms with E-state index >= 15 is 0 Å². The molecular formula is C34H37F3N7O4-. The van der Waals surface area contributed by atoms with Crippen molar-refractivity contribution in [2.45, 2.75) is 64.5 Å². The van der Waals surface area contributed by atoms with Gasteiger partial charge in [-0.3, -0.25) is 0 Å². The first-order valence-corrected chi connectivity index (χ1v) is 15.8. The molecule has 2 aliphatic rings. The highest BCUT2D eigenvalue weighted by molar-refractivity contribution is 5.72. The molecule has 0 aliphatic carbocycles. The topological polar surface area (TPSA) is 143 Å². The maximum absolute atomic E-state index is 14.9. The lowest BCUT2D eigenvalue weighted by molar-refractivity contribution is -0.308. The van der Waals surface area contributed by atoms with Gasteiger partial charge in [0.25, 0.3) is 0 Å². The highest BCUT2D eigenvalue weighted by Gasteiger charge is 2.45. The van der Waals surface area contributed by atoms with E-state index in [2.05, 4.69) is 20.4 Å². The Morgan fingerprint density at radius 3 is 2.35 bits per heavy atom. The second-order valence-corrected chi connectivity index (χ2v) is 12.8. The lowest BCUT2D eigenvalue weighted by Crippen LogP contribution is -2.42. The van der Waals surface area contributed by atoms with E-state index in [0.29, 0.717) is 61.7 Å². The van der Waals surface area contributed by atoms with E-state index in [1.807, 2.05) is 43.0 Å². The number of anilines is 2. The molecule has 2 saturated heterocycles. The summed E-state index contributed by atoms with van der Waals surface area (Å²) in [6, 6.07) is 14.4. The van der Waals surface area contributed by atoms with Gasteiger partial charge < -0.3 is 35.3 Å². The van der Waals surface area contributed by atoms with Gasteiger partial charge in [0.1, 0.15) is 11.6 Å². The third kappa shape index (κ3) is 7.18. The summed E-state index contributed by atoms with van der Waals surface area (Å²) in [6.45, 7) is 7.18. The van der Waals surface area contributed by atoms with Crippen LogP contribution in [0.15, 0.2) is 60.8 Å². The molecule has 0 saturated carbocycles. The standard InChI is InChI=1S/C34H38F3N7O4/c1-20(2)47-24-7-4-22(5-8-24)23-6-9-25(27(16-23)44-13-10-21(3)42-44)30(34(35,36)37)48-29-17-28(40-32(38)41-29)43-14-11-33(12-15-43)18-26(31(45)46)39-19-33/h4-10,13,16-17,20,26,30,39H,11-12,14-15,18-19H2,1-3H3,(H,45,46)(H2,38,40,41)/p-1/t26?,30-/m1/s1. The van der Waals surface area contributed by atoms with Crippen molar-refractivity contribution in [2.24, 2.45) is 5.41 Å². The van der Waals surface area contributed by atoms with Crippen LogP contribution >= 0.6 is 0 Å². The zero-order valence-corrected chi connectivity index (χ0v) is 26.8. The number of hydrogen-bond donors (Lipinski definition) is 2. The molecule has 2 aromatic carbocycles. The molecule has 2 fully saturated rings. The average Bonchev–Trinajstić information content (AvgIpc) is 3.66. The van der Waals surface area contributed by atoms with Gasteiger partial charge in [-0.1, -0.05) is 24.3 Å². The van der Waals surface area contributed by atoms with Gasteiger partial charge in [0, 0.05) is 43.5 Å². The van der Waals surface area contributed by atoms with Gasteiger partial charge >= 0.3 is 6.18 Å². The fourth-order valence-corrected chi connectivity index (χ4v) is 6.45. The zero-order chi connectivity index (χ0) is 34.2. The number of hydrogen-bond acceptors (Lipinski definition) is 10. The van der Waals surface area contributed by atoms with Crippen LogP contribution in [-0.2, 0) is 4.79 Å². The van der Waals surface area contributed by atoms with Crippen molar-refractivity contribution >= 4 is 17.7 Å². The van der Waals surface area contributed by atoms with Gasteiger partial charge in [0.05, 0.1) is 23.5 Å². The van der Waals surface area contributed by atoms with E-state index in [1.165, 1.54) is 16.8 Å². The first-order valence-electron chi connectivity index (χ1n) is 15.8. The van der Waals surface area contributed by atoms with Crippen LogP contribution in [0.2, 0.25) is 0 Å². The number of aryl methyl sites for hydroxylation is 1. The van der Waals surface area contributed by atoms with Gasteiger partial charge in [0.15, 0.2) is 0 Å². The first kappa shape index (κ1) is 33.1. The third-order valence-corrected chi connectivity index (χ3v) is 8.88. The molecule has 3 N–H and O–H groups in total. The molecule has 254 valence electrons. The number of carbonyl (C=O) groups excluding carboxylic acids is 1. The molecule has 6 rings (SSSR count). The quantitative estimate of drug-likeness (QED) is 0.265. The number of nitrogen functional groups attached to an aromatic ring is 1. The summed E-state index contributed by atoms with van der Waals surface area (Å²) in [5, 5.41) is 18.8. The predicted octanol–water partition coefficient (Wildman–Crippen LogP) is 4.39. The van der Waals surface area contributed by atoms with Gasteiger partial charge in [-0.25, -0.2) is 4.68 Å². The Morgan fingerprint density at radius 1 is 1.04 bits per heavy atom. The van der Waals surface area contributed by atoms with Crippen molar-refractivity contribution in [3.63, 3.8) is 0 Å². The molecule has 14 heteroatoms. The molecule has 48 heavy (non-hydrogen) atoms. The molecule has 2 aliphatic heterocycles. The smallest absolute Gasteiger partial charge is 0.429 e. The molecule has 0 amide bonds. The number of piperidine rings is 1. The number of nitrogens with zero attached hydrogens (tertiary/aromatic N) is 5. The van der Waals surface area contributed by atoms with Crippen LogP contribution in [0.3, 0.4) is 0 Å². The summed E-state index contributed by atoms with van der Waals surface area (Å²) < 4.78 is 57.4. The number of alkyl halides is 3. The van der Waals surface area contributed by atoms with Crippen LogP contribution in [0, 0.1) is 12.3 Å². The second-order valence-electron chi connectivity index (χ2n) is 12.8. The van der Waals surface area contributed by atoms with E-state index in [-0.39, 0.29) is 34.6 Å². The van der Waals surface area contributed by atoms with Crippen LogP contribution in [0.25, 0.3) is 16.8 Å². The minimum Gasteiger partial charge on any atom is -0.548 e. The highest BCUT2D eigenvalue weighted by atomic mass is 19.4. The van der Waals surface area contributed by atoms with Gasteiger partial charge in [0.2, 0.25) is 17.9 Å². The van der Waals surface area contributed by atoms with E-state index in [4.69, 9.17) is 15.2 Å². The van der Waals surface area contributed by atoms with Crippen LogP contribution in [-0.4, -0.2) is 63.7 Å². The summed E-state index contributed by atoms with van der Waals surface area (Å²) in [7, 11) is 0. The number of nitrogens with one attached hydrogen (secondary N) is 1. The number of rotatable bonds is 9. The number of benzene rings is 2. The maximum Gasteiger partial charge on any atom is 0.429 e. The number of aliphatic carboxylic acids is 1.